The van der Waals surface area contributed by atoms with Crippen molar-refractivity contribution in [3.8, 4) is 5.75 Å². The van der Waals surface area contributed by atoms with Gasteiger partial charge in [-0.25, -0.2) is 0 Å². The molecule has 0 aromatic heterocycles. The third kappa shape index (κ3) is 4.88. The van der Waals surface area contributed by atoms with Crippen molar-refractivity contribution in [2.45, 2.75) is 26.3 Å². The zero-order valence-electron chi connectivity index (χ0n) is 15.8. The van der Waals surface area contributed by atoms with Crippen LogP contribution in [-0.4, -0.2) is 36.5 Å². The van der Waals surface area contributed by atoms with Gasteiger partial charge in [0.25, 0.3) is 0 Å². The molecule has 1 fully saturated rings. The maximum Gasteiger partial charge on any atom is 0.311 e. The zero-order valence-corrected chi connectivity index (χ0v) is 15.8. The van der Waals surface area contributed by atoms with Crippen molar-refractivity contribution in [2.24, 2.45) is 5.92 Å². The summed E-state index contributed by atoms with van der Waals surface area (Å²) in [7, 11) is 0. The minimum atomic E-state index is -0.414. The summed E-state index contributed by atoms with van der Waals surface area (Å²) in [6.45, 7) is 4.85. The van der Waals surface area contributed by atoms with Gasteiger partial charge in [-0.1, -0.05) is 48.0 Å². The van der Waals surface area contributed by atoms with Gasteiger partial charge in [0.1, 0.15) is 19.0 Å². The maximum absolute atomic E-state index is 12.3. The Labute approximate surface area is 159 Å². The summed E-state index contributed by atoms with van der Waals surface area (Å²) in [6.07, 6.45) is 0.203. The molecule has 142 valence electrons. The molecule has 0 N–H and O–H groups in total. The highest BCUT2D eigenvalue weighted by Gasteiger charge is 2.37. The van der Waals surface area contributed by atoms with Gasteiger partial charge < -0.3 is 14.4 Å². The normalized spacial score (nSPS) is 17.6. The van der Waals surface area contributed by atoms with Crippen LogP contribution in [0.15, 0.2) is 54.6 Å². The predicted molar refractivity (Wildman–Crippen MR) is 102 cm³/mol. The predicted octanol–water partition coefficient (Wildman–Crippen LogP) is 3.53. The minimum absolute atomic E-state index is 0.00999. The SMILES string of the molecule is Cc1ccc(OCCOC(=O)[C@H]2CC(=O)N([C@H](C)c3ccccc3)C2)cc1. The molecule has 1 amide bonds. The van der Waals surface area contributed by atoms with Crippen LogP contribution in [0.3, 0.4) is 0 Å². The van der Waals surface area contributed by atoms with Crippen LogP contribution in [0.25, 0.3) is 0 Å². The maximum atomic E-state index is 12.3. The topological polar surface area (TPSA) is 55.8 Å². The number of aryl methyl sites for hydroxylation is 1. The number of rotatable bonds is 7. The highest BCUT2D eigenvalue weighted by molar-refractivity contribution is 5.87. The van der Waals surface area contributed by atoms with Gasteiger partial charge in [-0.2, -0.15) is 0 Å². The second kappa shape index (κ2) is 8.71. The standard InChI is InChI=1S/C22H25NO4/c1-16-8-10-20(11-9-16)26-12-13-27-22(25)19-14-21(24)23(15-19)17(2)18-6-4-3-5-7-18/h3-11,17,19H,12-15H2,1-2H3/t17-,19+/m1/s1. The molecule has 0 bridgehead atoms. The van der Waals surface area contributed by atoms with E-state index in [-0.39, 0.29) is 30.9 Å². The molecule has 1 heterocycles. The summed E-state index contributed by atoms with van der Waals surface area (Å²) in [5.41, 5.74) is 2.22. The van der Waals surface area contributed by atoms with Gasteiger partial charge in [0.05, 0.1) is 12.0 Å². The highest BCUT2D eigenvalue weighted by Crippen LogP contribution is 2.28. The molecule has 1 aliphatic heterocycles. The lowest BCUT2D eigenvalue weighted by Crippen LogP contribution is -2.29. The molecule has 2 aromatic rings. The second-order valence-electron chi connectivity index (χ2n) is 6.86. The number of carbonyl (C=O) groups excluding carboxylic acids is 2. The van der Waals surface area contributed by atoms with Crippen molar-refractivity contribution in [3.05, 3.63) is 65.7 Å². The molecule has 0 unspecified atom stereocenters. The molecule has 1 saturated heterocycles. The third-order valence-corrected chi connectivity index (χ3v) is 4.86. The largest absolute Gasteiger partial charge is 0.490 e. The van der Waals surface area contributed by atoms with Crippen LogP contribution in [-0.2, 0) is 14.3 Å². The van der Waals surface area contributed by atoms with Gasteiger partial charge in [0.2, 0.25) is 5.91 Å². The fourth-order valence-corrected chi connectivity index (χ4v) is 3.23. The Morgan fingerprint density at radius 2 is 1.81 bits per heavy atom. The van der Waals surface area contributed by atoms with E-state index < -0.39 is 5.92 Å². The molecule has 5 nitrogen and oxygen atoms in total. The summed E-state index contributed by atoms with van der Waals surface area (Å²) in [6, 6.07) is 17.5. The number of amides is 1. The fourth-order valence-electron chi connectivity index (χ4n) is 3.23. The number of hydrogen-bond acceptors (Lipinski definition) is 4. The summed E-state index contributed by atoms with van der Waals surface area (Å²) in [4.78, 5) is 26.4. The first-order valence-electron chi connectivity index (χ1n) is 9.25. The lowest BCUT2D eigenvalue weighted by molar-refractivity contribution is -0.149. The van der Waals surface area contributed by atoms with Gasteiger partial charge in [-0.05, 0) is 31.5 Å². The molecular weight excluding hydrogens is 342 g/mol. The summed E-state index contributed by atoms with van der Waals surface area (Å²) < 4.78 is 10.9. The number of hydrogen-bond donors (Lipinski definition) is 0. The Balaban J connectivity index is 1.45. The third-order valence-electron chi connectivity index (χ3n) is 4.86. The second-order valence-corrected chi connectivity index (χ2v) is 6.86. The fraction of sp³-hybridized carbons (Fsp3) is 0.364. The van der Waals surface area contributed by atoms with Crippen molar-refractivity contribution in [1.82, 2.24) is 4.90 Å². The average molecular weight is 367 g/mol. The monoisotopic (exact) mass is 367 g/mol. The van der Waals surface area contributed by atoms with Crippen molar-refractivity contribution >= 4 is 11.9 Å². The lowest BCUT2D eigenvalue weighted by atomic mass is 10.1. The van der Waals surface area contributed by atoms with Crippen molar-refractivity contribution in [2.75, 3.05) is 19.8 Å². The number of esters is 1. The van der Waals surface area contributed by atoms with E-state index in [1.54, 1.807) is 4.90 Å². The molecule has 2 atom stereocenters. The molecule has 27 heavy (non-hydrogen) atoms. The van der Waals surface area contributed by atoms with Crippen molar-refractivity contribution < 1.29 is 19.1 Å². The molecule has 0 saturated carbocycles. The Hall–Kier alpha value is -2.82. The lowest BCUT2D eigenvalue weighted by Gasteiger charge is -2.25. The molecule has 2 aromatic carbocycles. The van der Waals surface area contributed by atoms with Gasteiger partial charge in [-0.3, -0.25) is 9.59 Å². The van der Waals surface area contributed by atoms with Gasteiger partial charge in [0.15, 0.2) is 0 Å². The van der Waals surface area contributed by atoms with E-state index in [1.807, 2.05) is 68.4 Å². The van der Waals surface area contributed by atoms with Crippen molar-refractivity contribution in [3.63, 3.8) is 0 Å². The molecule has 3 rings (SSSR count). The Morgan fingerprint density at radius 1 is 1.11 bits per heavy atom. The van der Waals surface area contributed by atoms with Crippen LogP contribution in [0.4, 0.5) is 0 Å². The van der Waals surface area contributed by atoms with Crippen LogP contribution in [0.2, 0.25) is 0 Å². The number of carbonyl (C=O) groups is 2. The first kappa shape index (κ1) is 19.0. The van der Waals surface area contributed by atoms with E-state index in [9.17, 15) is 9.59 Å². The molecule has 1 aliphatic rings. The number of nitrogens with zero attached hydrogens (tertiary/aromatic N) is 1. The van der Waals surface area contributed by atoms with E-state index >= 15 is 0 Å². The van der Waals surface area contributed by atoms with Gasteiger partial charge in [0, 0.05) is 13.0 Å². The molecule has 5 heteroatoms. The minimum Gasteiger partial charge on any atom is -0.490 e. The number of likely N-dealkylation sites (tertiary alicyclic amines) is 1. The molecule has 0 spiro atoms. The van der Waals surface area contributed by atoms with E-state index in [2.05, 4.69) is 0 Å². The average Bonchev–Trinajstić information content (AvgIpc) is 3.08. The van der Waals surface area contributed by atoms with E-state index in [4.69, 9.17) is 9.47 Å². The van der Waals surface area contributed by atoms with Crippen LogP contribution in [0.1, 0.15) is 30.5 Å². The summed E-state index contributed by atoms with van der Waals surface area (Å²) >= 11 is 0. The smallest absolute Gasteiger partial charge is 0.311 e. The first-order valence-corrected chi connectivity index (χ1v) is 9.25. The van der Waals surface area contributed by atoms with E-state index in [0.717, 1.165) is 16.9 Å². The Kier molecular flexibility index (Phi) is 6.12. The Bertz CT molecular complexity index is 773. The van der Waals surface area contributed by atoms with Crippen LogP contribution in [0, 0.1) is 12.8 Å². The highest BCUT2D eigenvalue weighted by atomic mass is 16.6. The van der Waals surface area contributed by atoms with Crippen LogP contribution >= 0.6 is 0 Å². The molecular formula is C22H25NO4. The summed E-state index contributed by atoms with van der Waals surface area (Å²) in [5, 5.41) is 0. The number of ether oxygens (including phenoxy) is 2. The van der Waals surface area contributed by atoms with Gasteiger partial charge >= 0.3 is 5.97 Å². The van der Waals surface area contributed by atoms with Crippen molar-refractivity contribution in [1.29, 1.82) is 0 Å². The van der Waals surface area contributed by atoms with Crippen LogP contribution in [0.5, 0.6) is 5.75 Å². The molecule has 0 aliphatic carbocycles. The number of benzene rings is 2. The van der Waals surface area contributed by atoms with Gasteiger partial charge in [-0.15, -0.1) is 0 Å². The van der Waals surface area contributed by atoms with E-state index in [1.165, 1.54) is 0 Å². The Morgan fingerprint density at radius 3 is 2.52 bits per heavy atom. The quantitative estimate of drug-likeness (QED) is 0.555. The molecule has 0 radical (unpaired) electrons. The first-order chi connectivity index (χ1) is 13.0. The zero-order chi connectivity index (χ0) is 19.2. The van der Waals surface area contributed by atoms with E-state index in [0.29, 0.717) is 13.2 Å². The van der Waals surface area contributed by atoms with Crippen LogP contribution < -0.4 is 4.74 Å². The summed E-state index contributed by atoms with van der Waals surface area (Å²) in [5.74, 6) is -0.0126.